The van der Waals surface area contributed by atoms with Crippen molar-refractivity contribution in [1.82, 2.24) is 0 Å². The van der Waals surface area contributed by atoms with Crippen molar-refractivity contribution in [3.05, 3.63) is 12.2 Å². The second kappa shape index (κ2) is 13.6. The number of hydrogen-bond acceptors (Lipinski definition) is 2. The summed E-state index contributed by atoms with van der Waals surface area (Å²) in [5.74, 6) is -0.401. The second-order valence-electron chi connectivity index (χ2n) is 5.39. The summed E-state index contributed by atoms with van der Waals surface area (Å²) in [5, 5.41) is 17.3. The lowest BCUT2D eigenvalue weighted by molar-refractivity contribution is -0.138. The second-order valence-corrected chi connectivity index (χ2v) is 5.39. The highest BCUT2D eigenvalue weighted by molar-refractivity contribution is 5.66. The van der Waals surface area contributed by atoms with E-state index in [1.807, 2.05) is 6.92 Å². The van der Waals surface area contributed by atoms with Crippen molar-refractivity contribution in [3.8, 4) is 0 Å². The van der Waals surface area contributed by atoms with Gasteiger partial charge in [-0.15, -0.1) is 0 Å². The predicted molar refractivity (Wildman–Crippen MR) is 79.2 cm³/mol. The zero-order valence-electron chi connectivity index (χ0n) is 12.3. The highest BCUT2D eigenvalue weighted by Gasteiger charge is 2.05. The summed E-state index contributed by atoms with van der Waals surface area (Å²) in [5.41, 5.74) is 0. The summed E-state index contributed by atoms with van der Waals surface area (Å²) in [6, 6.07) is 0. The minimum Gasteiger partial charge on any atom is -0.481 e. The zero-order valence-corrected chi connectivity index (χ0v) is 12.3. The molecule has 1 atom stereocenters. The molecule has 3 heteroatoms. The molecule has 3 nitrogen and oxygen atoms in total. The van der Waals surface area contributed by atoms with Gasteiger partial charge in [0, 0.05) is 13.0 Å². The van der Waals surface area contributed by atoms with Crippen LogP contribution in [0.3, 0.4) is 0 Å². The van der Waals surface area contributed by atoms with Crippen LogP contribution >= 0.6 is 0 Å². The van der Waals surface area contributed by atoms with Gasteiger partial charge in [0.05, 0.1) is 0 Å². The molecule has 0 amide bonds. The Morgan fingerprint density at radius 2 is 1.58 bits per heavy atom. The van der Waals surface area contributed by atoms with Gasteiger partial charge in [-0.25, -0.2) is 0 Å². The molecule has 0 saturated carbocycles. The fraction of sp³-hybridized carbons (Fsp3) is 0.812. The van der Waals surface area contributed by atoms with Crippen LogP contribution < -0.4 is 0 Å². The zero-order chi connectivity index (χ0) is 14.3. The van der Waals surface area contributed by atoms with Gasteiger partial charge in [0.15, 0.2) is 0 Å². The van der Waals surface area contributed by atoms with E-state index in [-0.39, 0.29) is 12.3 Å². The molecule has 0 fully saturated rings. The Hall–Kier alpha value is -0.830. The van der Waals surface area contributed by atoms with Crippen molar-refractivity contribution in [2.24, 2.45) is 5.92 Å². The standard InChI is InChI=1S/C16H30O3/c1-15(14-16(18)19)12-10-8-6-4-2-3-5-7-9-11-13-17/h4,6,15,17H,2-3,5,7-14H2,1H3,(H,18,19)/b6-4+. The third kappa shape index (κ3) is 15.1. The molecule has 0 rings (SSSR count). The van der Waals surface area contributed by atoms with Gasteiger partial charge in [-0.1, -0.05) is 38.3 Å². The number of carboxylic acid groups (broad SMARTS) is 1. The van der Waals surface area contributed by atoms with E-state index in [1.165, 1.54) is 19.3 Å². The summed E-state index contributed by atoms with van der Waals surface area (Å²) in [6.45, 7) is 2.32. The molecule has 19 heavy (non-hydrogen) atoms. The van der Waals surface area contributed by atoms with Crippen molar-refractivity contribution >= 4 is 5.97 Å². The molecule has 0 heterocycles. The Kier molecular flexibility index (Phi) is 13.0. The lowest BCUT2D eigenvalue weighted by Gasteiger charge is -2.06. The molecular formula is C16H30O3. The largest absolute Gasteiger partial charge is 0.481 e. The van der Waals surface area contributed by atoms with E-state index in [0.717, 1.165) is 38.5 Å². The van der Waals surface area contributed by atoms with Crippen LogP contribution in [0.4, 0.5) is 0 Å². The van der Waals surface area contributed by atoms with Crippen LogP contribution in [0.2, 0.25) is 0 Å². The van der Waals surface area contributed by atoms with E-state index in [9.17, 15) is 4.79 Å². The predicted octanol–water partition coefficient (Wildman–Crippen LogP) is 4.16. The fourth-order valence-corrected chi connectivity index (χ4v) is 2.12. The van der Waals surface area contributed by atoms with Crippen molar-refractivity contribution in [3.63, 3.8) is 0 Å². The molecule has 0 aromatic rings. The maximum Gasteiger partial charge on any atom is 0.303 e. The number of allylic oxidation sites excluding steroid dienone is 2. The van der Waals surface area contributed by atoms with Gasteiger partial charge < -0.3 is 10.2 Å². The van der Waals surface area contributed by atoms with Crippen molar-refractivity contribution in [2.45, 2.75) is 71.1 Å². The molecule has 0 radical (unpaired) electrons. The molecule has 0 aromatic carbocycles. The molecule has 0 bridgehead atoms. The lowest BCUT2D eigenvalue weighted by Crippen LogP contribution is -2.03. The van der Waals surface area contributed by atoms with E-state index in [1.54, 1.807) is 0 Å². The average molecular weight is 270 g/mol. The first kappa shape index (κ1) is 18.2. The molecular weight excluding hydrogens is 240 g/mol. The topological polar surface area (TPSA) is 57.5 Å². The van der Waals surface area contributed by atoms with Crippen LogP contribution in [0.15, 0.2) is 12.2 Å². The summed E-state index contributed by atoms with van der Waals surface area (Å²) in [7, 11) is 0. The third-order valence-electron chi connectivity index (χ3n) is 3.29. The lowest BCUT2D eigenvalue weighted by atomic mass is 10.0. The number of rotatable bonds is 13. The van der Waals surface area contributed by atoms with Crippen LogP contribution in [0.1, 0.15) is 71.1 Å². The van der Waals surface area contributed by atoms with Crippen LogP contribution in [-0.4, -0.2) is 22.8 Å². The molecule has 0 aliphatic rings. The normalized spacial score (nSPS) is 12.9. The number of aliphatic hydroxyl groups excluding tert-OH is 1. The van der Waals surface area contributed by atoms with Crippen LogP contribution in [0.5, 0.6) is 0 Å². The third-order valence-corrected chi connectivity index (χ3v) is 3.29. The summed E-state index contributed by atoms with van der Waals surface area (Å²) < 4.78 is 0. The first-order valence-corrected chi connectivity index (χ1v) is 7.64. The fourth-order valence-electron chi connectivity index (χ4n) is 2.12. The van der Waals surface area contributed by atoms with Gasteiger partial charge >= 0.3 is 5.97 Å². The van der Waals surface area contributed by atoms with Crippen molar-refractivity contribution in [1.29, 1.82) is 0 Å². The SMILES string of the molecule is CC(CCC/C=C/CCCCCCCO)CC(=O)O. The van der Waals surface area contributed by atoms with E-state index >= 15 is 0 Å². The van der Waals surface area contributed by atoms with Crippen molar-refractivity contribution in [2.75, 3.05) is 6.61 Å². The summed E-state index contributed by atoms with van der Waals surface area (Å²) in [4.78, 5) is 10.5. The Bertz CT molecular complexity index is 236. The highest BCUT2D eigenvalue weighted by Crippen LogP contribution is 2.12. The summed E-state index contributed by atoms with van der Waals surface area (Å²) >= 11 is 0. The molecule has 0 spiro atoms. The number of aliphatic carboxylic acids is 1. The van der Waals surface area contributed by atoms with E-state index < -0.39 is 5.97 Å². The molecule has 0 aliphatic heterocycles. The van der Waals surface area contributed by atoms with Gasteiger partial charge in [-0.2, -0.15) is 0 Å². The van der Waals surface area contributed by atoms with Crippen LogP contribution in [0.25, 0.3) is 0 Å². The van der Waals surface area contributed by atoms with Gasteiger partial charge in [0.1, 0.15) is 0 Å². The number of carboxylic acids is 1. The van der Waals surface area contributed by atoms with Gasteiger partial charge in [0.25, 0.3) is 0 Å². The summed E-state index contributed by atoms with van der Waals surface area (Å²) in [6.07, 6.45) is 14.8. The molecule has 2 N–H and O–H groups in total. The van der Waals surface area contributed by atoms with E-state index in [4.69, 9.17) is 10.2 Å². The Morgan fingerprint density at radius 3 is 2.21 bits per heavy atom. The molecule has 1 unspecified atom stereocenters. The van der Waals surface area contributed by atoms with Crippen molar-refractivity contribution < 1.29 is 15.0 Å². The number of carbonyl (C=O) groups is 1. The van der Waals surface area contributed by atoms with Gasteiger partial charge in [0.2, 0.25) is 0 Å². The number of aliphatic hydroxyl groups is 1. The smallest absolute Gasteiger partial charge is 0.303 e. The highest BCUT2D eigenvalue weighted by atomic mass is 16.4. The first-order valence-electron chi connectivity index (χ1n) is 7.64. The number of hydrogen-bond donors (Lipinski definition) is 2. The van der Waals surface area contributed by atoms with Gasteiger partial charge in [-0.05, 0) is 44.4 Å². The maximum atomic E-state index is 10.5. The quantitative estimate of drug-likeness (QED) is 0.390. The monoisotopic (exact) mass is 270 g/mol. The maximum absolute atomic E-state index is 10.5. The number of unbranched alkanes of at least 4 members (excludes halogenated alkanes) is 6. The van der Waals surface area contributed by atoms with Crippen LogP contribution in [-0.2, 0) is 4.79 Å². The molecule has 0 aliphatic carbocycles. The average Bonchev–Trinajstić information content (AvgIpc) is 2.35. The Morgan fingerprint density at radius 1 is 1.00 bits per heavy atom. The van der Waals surface area contributed by atoms with Crippen LogP contribution in [0, 0.1) is 5.92 Å². The first-order chi connectivity index (χ1) is 9.16. The Labute approximate surface area is 117 Å². The molecule has 112 valence electrons. The molecule has 0 saturated heterocycles. The molecule has 0 aromatic heterocycles. The Balaban J connectivity index is 3.23. The minimum absolute atomic E-state index is 0.289. The van der Waals surface area contributed by atoms with E-state index in [2.05, 4.69) is 12.2 Å². The van der Waals surface area contributed by atoms with E-state index in [0.29, 0.717) is 6.61 Å². The van der Waals surface area contributed by atoms with Gasteiger partial charge in [-0.3, -0.25) is 4.79 Å². The minimum atomic E-state index is -0.691.